The highest BCUT2D eigenvalue weighted by Gasteiger charge is 2.33. The fourth-order valence-corrected chi connectivity index (χ4v) is 4.02. The lowest BCUT2D eigenvalue weighted by molar-refractivity contribution is 0.118. The number of anilines is 1. The summed E-state index contributed by atoms with van der Waals surface area (Å²) in [6, 6.07) is 10.9. The van der Waals surface area contributed by atoms with Crippen molar-refractivity contribution in [3.8, 4) is 6.19 Å². The number of rotatable bonds is 3. The molecule has 152 valence electrons. The Morgan fingerprint density at radius 1 is 1.31 bits per heavy atom. The summed E-state index contributed by atoms with van der Waals surface area (Å²) in [6.45, 7) is 5.80. The van der Waals surface area contributed by atoms with Gasteiger partial charge in [0, 0.05) is 19.6 Å². The van der Waals surface area contributed by atoms with Gasteiger partial charge in [0.05, 0.1) is 21.8 Å². The van der Waals surface area contributed by atoms with E-state index in [1.54, 1.807) is 17.0 Å². The van der Waals surface area contributed by atoms with Gasteiger partial charge in [0.1, 0.15) is 0 Å². The van der Waals surface area contributed by atoms with Crippen molar-refractivity contribution in [1.82, 2.24) is 15.1 Å². The van der Waals surface area contributed by atoms with Crippen LogP contribution in [0.4, 0.5) is 15.5 Å². The van der Waals surface area contributed by atoms with Crippen LogP contribution < -0.4 is 10.6 Å². The Morgan fingerprint density at radius 2 is 2.10 bits per heavy atom. The fraction of sp³-hybridized carbons (Fsp3) is 0.350. The first-order valence-corrected chi connectivity index (χ1v) is 10.6. The number of hydrogen-bond acceptors (Lipinski definition) is 4. The van der Waals surface area contributed by atoms with Crippen molar-refractivity contribution in [1.29, 1.82) is 5.26 Å². The molecular weight excluding hydrogens is 408 g/mol. The molecule has 1 saturated heterocycles. The van der Waals surface area contributed by atoms with Crippen LogP contribution in [0.2, 0.25) is 5.02 Å². The largest absolute Gasteiger partial charge is 0.335 e. The van der Waals surface area contributed by atoms with Crippen LogP contribution in [0.25, 0.3) is 0 Å². The summed E-state index contributed by atoms with van der Waals surface area (Å²) in [4.78, 5) is 21.1. The Labute approximate surface area is 179 Å². The molecule has 0 aliphatic carbocycles. The number of nitrogens with zero attached hydrogens (tertiary/aromatic N) is 4. The zero-order chi connectivity index (χ0) is 20.8. The van der Waals surface area contributed by atoms with Crippen LogP contribution in [-0.2, 0) is 0 Å². The zero-order valence-electron chi connectivity index (χ0n) is 16.3. The van der Waals surface area contributed by atoms with E-state index >= 15 is 0 Å². The molecule has 7 nitrogen and oxygen atoms in total. The van der Waals surface area contributed by atoms with E-state index in [-0.39, 0.29) is 18.0 Å². The summed E-state index contributed by atoms with van der Waals surface area (Å²) in [6.07, 6.45) is 1.97. The minimum atomic E-state index is -0.115. The average molecular weight is 431 g/mol. The van der Waals surface area contributed by atoms with Crippen LogP contribution in [0.5, 0.6) is 0 Å². The number of piperazine rings is 1. The van der Waals surface area contributed by atoms with Crippen molar-refractivity contribution in [2.45, 2.75) is 19.9 Å². The molecule has 3 rings (SSSR count). The summed E-state index contributed by atoms with van der Waals surface area (Å²) in [5, 5.41) is 18.2. The normalized spacial score (nSPS) is 17.2. The summed E-state index contributed by atoms with van der Waals surface area (Å²) < 4.78 is 0. The number of urea groups is 1. The molecule has 2 aromatic rings. The van der Waals surface area contributed by atoms with E-state index in [0.717, 1.165) is 5.00 Å². The molecule has 1 aromatic carbocycles. The third-order valence-electron chi connectivity index (χ3n) is 4.75. The maximum Gasteiger partial charge on any atom is 0.322 e. The fourth-order valence-electron chi connectivity index (χ4n) is 3.23. The number of carbonyl (C=O) groups excluding carboxylic acids is 1. The maximum absolute atomic E-state index is 12.7. The van der Waals surface area contributed by atoms with Crippen molar-refractivity contribution in [3.05, 3.63) is 46.8 Å². The van der Waals surface area contributed by atoms with Crippen molar-refractivity contribution in [2.75, 3.05) is 25.0 Å². The first kappa shape index (κ1) is 21.0. The van der Waals surface area contributed by atoms with Gasteiger partial charge < -0.3 is 9.80 Å². The van der Waals surface area contributed by atoms with E-state index in [1.807, 2.05) is 40.7 Å². The van der Waals surface area contributed by atoms with Gasteiger partial charge in [0.2, 0.25) is 5.96 Å². The van der Waals surface area contributed by atoms with Gasteiger partial charge in [-0.3, -0.25) is 10.6 Å². The first-order valence-electron chi connectivity index (χ1n) is 9.34. The quantitative estimate of drug-likeness (QED) is 0.328. The van der Waals surface area contributed by atoms with E-state index in [9.17, 15) is 10.1 Å². The van der Waals surface area contributed by atoms with Gasteiger partial charge in [-0.15, -0.1) is 11.3 Å². The molecule has 1 aliphatic heterocycles. The number of benzene rings is 1. The van der Waals surface area contributed by atoms with Gasteiger partial charge >= 0.3 is 6.03 Å². The average Bonchev–Trinajstić information content (AvgIpc) is 3.21. The lowest BCUT2D eigenvalue weighted by Crippen LogP contribution is -2.60. The highest BCUT2D eigenvalue weighted by molar-refractivity contribution is 7.14. The second-order valence-electron chi connectivity index (χ2n) is 6.98. The van der Waals surface area contributed by atoms with Crippen LogP contribution in [0.15, 0.2) is 46.8 Å². The van der Waals surface area contributed by atoms with Gasteiger partial charge in [0.25, 0.3) is 0 Å². The highest BCUT2D eigenvalue weighted by atomic mass is 35.5. The van der Waals surface area contributed by atoms with Crippen molar-refractivity contribution >= 4 is 45.6 Å². The number of aliphatic imine (C=N–C) groups is 1. The van der Waals surface area contributed by atoms with Crippen molar-refractivity contribution < 1.29 is 4.79 Å². The molecule has 1 aromatic heterocycles. The standard InChI is InChI=1S/C20H23ClN6OS/c1-14(2)17-12-26(20(28)25-18-8-5-11-29-18)9-10-27(17)19(23-13-22)24-16-7-4-3-6-15(16)21/h3-8,11,14,17H,9-10,12H2,1-2H3,(H,23,24)(H,25,28). The summed E-state index contributed by atoms with van der Waals surface area (Å²) in [5.74, 6) is 0.682. The van der Waals surface area contributed by atoms with E-state index in [2.05, 4.69) is 29.5 Å². The predicted octanol–water partition coefficient (Wildman–Crippen LogP) is 4.33. The van der Waals surface area contributed by atoms with Gasteiger partial charge in [-0.05, 0) is 35.6 Å². The summed E-state index contributed by atoms with van der Waals surface area (Å²) in [7, 11) is 0. The van der Waals surface area contributed by atoms with E-state index in [4.69, 9.17) is 11.6 Å². The third-order valence-corrected chi connectivity index (χ3v) is 5.85. The number of nitrogens with one attached hydrogen (secondary N) is 2. The molecule has 1 atom stereocenters. The molecule has 9 heteroatoms. The van der Waals surface area contributed by atoms with Crippen LogP contribution in [0, 0.1) is 17.4 Å². The molecule has 0 radical (unpaired) electrons. The molecule has 0 spiro atoms. The molecule has 29 heavy (non-hydrogen) atoms. The van der Waals surface area contributed by atoms with Gasteiger partial charge in [-0.1, -0.05) is 37.6 Å². The van der Waals surface area contributed by atoms with E-state index in [1.165, 1.54) is 11.3 Å². The minimum absolute atomic E-state index is 0.0000709. The Balaban J connectivity index is 1.80. The van der Waals surface area contributed by atoms with Crippen LogP contribution in [-0.4, -0.2) is 47.5 Å². The Morgan fingerprint density at radius 3 is 2.76 bits per heavy atom. The van der Waals surface area contributed by atoms with E-state index in [0.29, 0.717) is 36.3 Å². The molecule has 1 fully saturated rings. The molecule has 2 amide bonds. The molecule has 0 bridgehead atoms. The van der Waals surface area contributed by atoms with Crippen LogP contribution >= 0.6 is 22.9 Å². The smallest absolute Gasteiger partial charge is 0.322 e. The number of amides is 2. The van der Waals surface area contributed by atoms with Gasteiger partial charge in [-0.2, -0.15) is 5.26 Å². The number of hydrogen-bond donors (Lipinski definition) is 2. The Kier molecular flexibility index (Phi) is 6.96. The number of halogens is 1. The second kappa shape index (κ2) is 9.63. The lowest BCUT2D eigenvalue weighted by atomic mass is 10.00. The molecule has 2 N–H and O–H groups in total. The Bertz CT molecular complexity index is 908. The Hall–Kier alpha value is -2.76. The predicted molar refractivity (Wildman–Crippen MR) is 118 cm³/mol. The van der Waals surface area contributed by atoms with E-state index < -0.39 is 0 Å². The van der Waals surface area contributed by atoms with Gasteiger partial charge in [0.15, 0.2) is 6.19 Å². The first-order chi connectivity index (χ1) is 14.0. The molecule has 1 unspecified atom stereocenters. The topological polar surface area (TPSA) is 83.8 Å². The third kappa shape index (κ3) is 5.19. The number of guanidine groups is 1. The second-order valence-corrected chi connectivity index (χ2v) is 8.34. The van der Waals surface area contributed by atoms with Crippen molar-refractivity contribution in [3.63, 3.8) is 0 Å². The monoisotopic (exact) mass is 430 g/mol. The maximum atomic E-state index is 12.7. The van der Waals surface area contributed by atoms with Crippen molar-refractivity contribution in [2.24, 2.45) is 10.9 Å². The number of thiophene rings is 1. The molecular formula is C20H23ClN6OS. The molecule has 1 aliphatic rings. The number of carbonyl (C=O) groups is 1. The summed E-state index contributed by atoms with van der Waals surface area (Å²) in [5.41, 5.74) is 0.590. The minimum Gasteiger partial charge on any atom is -0.335 e. The SMILES string of the molecule is CC(C)C1CN(C(=O)Nc2cccs2)CCN1C(=Nc1ccccc1Cl)NC#N. The van der Waals surface area contributed by atoms with Gasteiger partial charge in [-0.25, -0.2) is 9.79 Å². The molecule has 0 saturated carbocycles. The number of para-hydroxylation sites is 1. The molecule has 2 heterocycles. The van der Waals surface area contributed by atoms with Crippen LogP contribution in [0.3, 0.4) is 0 Å². The summed E-state index contributed by atoms with van der Waals surface area (Å²) >= 11 is 7.73. The van der Waals surface area contributed by atoms with Crippen LogP contribution in [0.1, 0.15) is 13.8 Å². The highest BCUT2D eigenvalue weighted by Crippen LogP contribution is 2.26. The number of nitriles is 1. The lowest BCUT2D eigenvalue weighted by Gasteiger charge is -2.44. The zero-order valence-corrected chi connectivity index (χ0v) is 17.9.